The summed E-state index contributed by atoms with van der Waals surface area (Å²) >= 11 is 1.92. The number of anilines is 3. The van der Waals surface area contributed by atoms with Crippen molar-refractivity contribution in [3.8, 4) is 0 Å². The number of benzene rings is 2. The Bertz CT molecular complexity index is 1040. The van der Waals surface area contributed by atoms with E-state index < -0.39 is 33.3 Å². The number of hydrogen-bond acceptors (Lipinski definition) is 3. The fourth-order valence-electron chi connectivity index (χ4n) is 3.74. The van der Waals surface area contributed by atoms with E-state index >= 15 is 0 Å². The third-order valence-corrected chi connectivity index (χ3v) is 7.44. The van der Waals surface area contributed by atoms with Crippen LogP contribution in [0.4, 0.5) is 30.2 Å². The molecule has 2 aromatic carbocycles. The molecule has 170 valence electrons. The average molecular weight is 567 g/mol. The van der Waals surface area contributed by atoms with Gasteiger partial charge in [-0.3, -0.25) is 4.72 Å². The van der Waals surface area contributed by atoms with Crippen LogP contribution in [0.15, 0.2) is 30.3 Å². The summed E-state index contributed by atoms with van der Waals surface area (Å²) in [6.07, 6.45) is 2.53. The van der Waals surface area contributed by atoms with E-state index in [0.29, 0.717) is 28.5 Å². The Hall–Kier alpha value is -1.53. The standard InChI is InChI=1S/C21H25F3IN3O2S/c1-13(2)11-14-7-9-28(10-8-14)31(29,30)27-19-6-4-16(22)20(24)21(19)26-18-5-3-15(25)12-17(18)23/h3-6,12-14,26-27H,7-11H2,1-2H3. The van der Waals surface area contributed by atoms with E-state index in [2.05, 4.69) is 23.9 Å². The van der Waals surface area contributed by atoms with E-state index in [9.17, 15) is 21.6 Å². The van der Waals surface area contributed by atoms with Crippen LogP contribution in [0.3, 0.4) is 0 Å². The van der Waals surface area contributed by atoms with Gasteiger partial charge in [0, 0.05) is 16.7 Å². The Morgan fingerprint density at radius 2 is 1.71 bits per heavy atom. The van der Waals surface area contributed by atoms with Crippen molar-refractivity contribution < 1.29 is 21.6 Å². The van der Waals surface area contributed by atoms with E-state index in [0.717, 1.165) is 31.4 Å². The van der Waals surface area contributed by atoms with Crippen molar-refractivity contribution in [3.05, 3.63) is 51.4 Å². The van der Waals surface area contributed by atoms with Crippen molar-refractivity contribution in [3.63, 3.8) is 0 Å². The van der Waals surface area contributed by atoms with Gasteiger partial charge >= 0.3 is 10.2 Å². The molecule has 5 nitrogen and oxygen atoms in total. The highest BCUT2D eigenvalue weighted by atomic mass is 127. The first-order valence-corrected chi connectivity index (χ1v) is 12.6. The van der Waals surface area contributed by atoms with E-state index in [4.69, 9.17) is 0 Å². The SMILES string of the molecule is CC(C)CC1CCN(S(=O)(=O)Nc2ccc(F)c(F)c2Nc2ccc(I)cc2F)CC1. The van der Waals surface area contributed by atoms with Crippen molar-refractivity contribution >= 4 is 49.9 Å². The maximum Gasteiger partial charge on any atom is 0.301 e. The molecule has 10 heteroatoms. The summed E-state index contributed by atoms with van der Waals surface area (Å²) in [6.45, 7) is 4.98. The van der Waals surface area contributed by atoms with E-state index in [1.807, 2.05) is 22.6 Å². The average Bonchev–Trinajstić information content (AvgIpc) is 2.69. The molecule has 0 spiro atoms. The fraction of sp³-hybridized carbons (Fsp3) is 0.429. The Kier molecular flexibility index (Phi) is 7.74. The molecule has 0 bridgehead atoms. The summed E-state index contributed by atoms with van der Waals surface area (Å²) in [7, 11) is -3.99. The highest BCUT2D eigenvalue weighted by Crippen LogP contribution is 2.33. The molecule has 2 aromatic rings. The predicted octanol–water partition coefficient (Wildman–Crippen LogP) is 5.87. The Morgan fingerprint density at radius 1 is 1.06 bits per heavy atom. The van der Waals surface area contributed by atoms with Gasteiger partial charge in [-0.05, 0) is 84.0 Å². The third-order valence-electron chi connectivity index (χ3n) is 5.24. The minimum atomic E-state index is -3.99. The molecule has 0 radical (unpaired) electrons. The first-order valence-electron chi connectivity index (χ1n) is 10.0. The summed E-state index contributed by atoms with van der Waals surface area (Å²) < 4.78 is 72.7. The number of hydrogen-bond donors (Lipinski definition) is 2. The lowest BCUT2D eigenvalue weighted by Crippen LogP contribution is -2.41. The molecular weight excluding hydrogens is 542 g/mol. The minimum Gasteiger partial charge on any atom is -0.349 e. The van der Waals surface area contributed by atoms with Gasteiger partial charge in [0.2, 0.25) is 0 Å². The van der Waals surface area contributed by atoms with Crippen LogP contribution in [0.25, 0.3) is 0 Å². The first-order chi connectivity index (χ1) is 14.6. The zero-order chi connectivity index (χ0) is 22.8. The molecule has 3 rings (SSSR count). The summed E-state index contributed by atoms with van der Waals surface area (Å²) in [6, 6.07) is 6.14. The van der Waals surface area contributed by atoms with Gasteiger partial charge < -0.3 is 5.32 Å². The molecule has 1 aliphatic heterocycles. The van der Waals surface area contributed by atoms with Crippen LogP contribution in [0.2, 0.25) is 0 Å². The molecule has 1 saturated heterocycles. The highest BCUT2D eigenvalue weighted by molar-refractivity contribution is 14.1. The second kappa shape index (κ2) is 9.95. The fourth-order valence-corrected chi connectivity index (χ4v) is 5.46. The van der Waals surface area contributed by atoms with E-state index in [-0.39, 0.29) is 11.4 Å². The lowest BCUT2D eigenvalue weighted by Gasteiger charge is -2.32. The molecule has 0 atom stereocenters. The lowest BCUT2D eigenvalue weighted by molar-refractivity contribution is 0.247. The predicted molar refractivity (Wildman–Crippen MR) is 125 cm³/mol. The van der Waals surface area contributed by atoms with Crippen LogP contribution >= 0.6 is 22.6 Å². The van der Waals surface area contributed by atoms with Crippen LogP contribution < -0.4 is 10.0 Å². The first kappa shape index (κ1) is 24.1. The second-order valence-electron chi connectivity index (χ2n) is 8.11. The number of rotatable bonds is 7. The number of nitrogens with zero attached hydrogens (tertiary/aromatic N) is 1. The maximum atomic E-state index is 14.5. The van der Waals surface area contributed by atoms with Crippen molar-refractivity contribution in [2.75, 3.05) is 23.1 Å². The summed E-state index contributed by atoms with van der Waals surface area (Å²) in [4.78, 5) is 0. The van der Waals surface area contributed by atoms with E-state index in [1.54, 1.807) is 6.07 Å². The number of halogens is 4. The van der Waals surface area contributed by atoms with Crippen LogP contribution in [0.5, 0.6) is 0 Å². The summed E-state index contributed by atoms with van der Waals surface area (Å²) in [5, 5.41) is 2.49. The van der Waals surface area contributed by atoms with Gasteiger partial charge in [0.15, 0.2) is 11.6 Å². The molecule has 2 N–H and O–H groups in total. The van der Waals surface area contributed by atoms with Crippen molar-refractivity contribution in [2.24, 2.45) is 11.8 Å². The molecule has 0 saturated carbocycles. The van der Waals surface area contributed by atoms with E-state index in [1.165, 1.54) is 16.4 Å². The Balaban J connectivity index is 1.82. The van der Waals surface area contributed by atoms with Crippen LogP contribution in [0.1, 0.15) is 33.1 Å². The van der Waals surface area contributed by atoms with Crippen molar-refractivity contribution in [2.45, 2.75) is 33.1 Å². The van der Waals surface area contributed by atoms with Gasteiger partial charge in [-0.25, -0.2) is 13.2 Å². The van der Waals surface area contributed by atoms with Gasteiger partial charge in [0.05, 0.1) is 11.4 Å². The van der Waals surface area contributed by atoms with Crippen molar-refractivity contribution in [1.29, 1.82) is 0 Å². The largest absolute Gasteiger partial charge is 0.349 e. The summed E-state index contributed by atoms with van der Waals surface area (Å²) in [5.74, 6) is -2.13. The molecule has 0 amide bonds. The molecule has 1 heterocycles. The zero-order valence-corrected chi connectivity index (χ0v) is 20.2. The summed E-state index contributed by atoms with van der Waals surface area (Å²) in [5.41, 5.74) is -0.764. The monoisotopic (exact) mass is 567 g/mol. The smallest absolute Gasteiger partial charge is 0.301 e. The van der Waals surface area contributed by atoms with Crippen LogP contribution in [-0.4, -0.2) is 25.8 Å². The zero-order valence-electron chi connectivity index (χ0n) is 17.3. The quantitative estimate of drug-likeness (QED) is 0.412. The van der Waals surface area contributed by atoms with Gasteiger partial charge in [0.1, 0.15) is 11.5 Å². The Labute approximate surface area is 194 Å². The number of nitrogens with one attached hydrogen (secondary N) is 2. The van der Waals surface area contributed by atoms with Crippen molar-refractivity contribution in [1.82, 2.24) is 4.31 Å². The normalized spacial score (nSPS) is 16.0. The van der Waals surface area contributed by atoms with Gasteiger partial charge in [0.25, 0.3) is 0 Å². The van der Waals surface area contributed by atoms with Gasteiger partial charge in [-0.1, -0.05) is 13.8 Å². The maximum absolute atomic E-state index is 14.5. The van der Waals surface area contributed by atoms with Gasteiger partial charge in [-0.15, -0.1) is 0 Å². The third kappa shape index (κ3) is 6.04. The minimum absolute atomic E-state index is 0.0973. The molecule has 0 aliphatic carbocycles. The van der Waals surface area contributed by atoms with Crippen LogP contribution in [0, 0.1) is 32.9 Å². The lowest BCUT2D eigenvalue weighted by atomic mass is 9.89. The highest BCUT2D eigenvalue weighted by Gasteiger charge is 2.29. The number of piperidine rings is 1. The molecule has 1 fully saturated rings. The van der Waals surface area contributed by atoms with Crippen LogP contribution in [-0.2, 0) is 10.2 Å². The molecule has 0 unspecified atom stereocenters. The molecule has 1 aliphatic rings. The molecule has 31 heavy (non-hydrogen) atoms. The second-order valence-corrected chi connectivity index (χ2v) is 11.0. The van der Waals surface area contributed by atoms with Gasteiger partial charge in [-0.2, -0.15) is 12.7 Å². The Morgan fingerprint density at radius 3 is 2.32 bits per heavy atom. The molecule has 0 aromatic heterocycles. The molecular formula is C21H25F3IN3O2S. The topological polar surface area (TPSA) is 61.4 Å².